The summed E-state index contributed by atoms with van der Waals surface area (Å²) < 4.78 is 5.33. The fourth-order valence-corrected chi connectivity index (χ4v) is 4.03. The molecule has 0 aliphatic heterocycles. The third kappa shape index (κ3) is 3.99. The van der Waals surface area contributed by atoms with E-state index in [1.54, 1.807) is 11.8 Å². The minimum absolute atomic E-state index is 0.0699. The monoisotopic (exact) mass is 391 g/mol. The molecule has 1 aromatic heterocycles. The van der Waals surface area contributed by atoms with E-state index in [-0.39, 0.29) is 17.7 Å². The molecule has 6 heteroatoms. The molecule has 3 rings (SSSR count). The van der Waals surface area contributed by atoms with Crippen LogP contribution < -0.4 is 0 Å². The second-order valence-corrected chi connectivity index (χ2v) is 8.22. The van der Waals surface area contributed by atoms with Gasteiger partial charge in [-0.2, -0.15) is 11.8 Å². The Morgan fingerprint density at radius 1 is 1.31 bits per heavy atom. The summed E-state index contributed by atoms with van der Waals surface area (Å²) in [7, 11) is 0. The van der Waals surface area contributed by atoms with Crippen molar-refractivity contribution in [3.8, 4) is 0 Å². The highest BCUT2D eigenvalue weighted by atomic mass is 35.5. The predicted molar refractivity (Wildman–Crippen MR) is 106 cm³/mol. The number of benzene rings is 1. The van der Waals surface area contributed by atoms with E-state index < -0.39 is 0 Å². The van der Waals surface area contributed by atoms with E-state index in [0.29, 0.717) is 41.3 Å². The standard InChI is InChI=1S/C20H22ClNO3S/c1-3-26-9-8-25-20(24)19-12(2)18-16(22-19)10-14(11-17(18)23)13-4-6-15(21)7-5-13/h4-7,14,22H,3,8-11H2,1-2H3/t14-/m0/s1. The molecular weight excluding hydrogens is 370 g/mol. The molecular formula is C20H22ClNO3S. The summed E-state index contributed by atoms with van der Waals surface area (Å²) in [6.07, 6.45) is 1.14. The number of aromatic amines is 1. The zero-order chi connectivity index (χ0) is 18.7. The number of rotatable bonds is 6. The van der Waals surface area contributed by atoms with Gasteiger partial charge in [-0.05, 0) is 48.3 Å². The molecule has 1 heterocycles. The van der Waals surface area contributed by atoms with Crippen LogP contribution in [0.1, 0.15) is 56.9 Å². The Kier molecular flexibility index (Phi) is 6.09. The van der Waals surface area contributed by atoms with Crippen molar-refractivity contribution >= 4 is 35.1 Å². The quantitative estimate of drug-likeness (QED) is 0.567. The minimum Gasteiger partial charge on any atom is -0.460 e. The number of thioether (sulfide) groups is 1. The Morgan fingerprint density at radius 3 is 2.73 bits per heavy atom. The number of carbonyl (C=O) groups is 2. The lowest BCUT2D eigenvalue weighted by Crippen LogP contribution is -2.18. The topological polar surface area (TPSA) is 59.2 Å². The maximum Gasteiger partial charge on any atom is 0.355 e. The number of hydrogen-bond acceptors (Lipinski definition) is 4. The molecule has 1 aromatic carbocycles. The van der Waals surface area contributed by atoms with Gasteiger partial charge in [-0.1, -0.05) is 30.7 Å². The van der Waals surface area contributed by atoms with E-state index in [1.807, 2.05) is 31.2 Å². The van der Waals surface area contributed by atoms with Gasteiger partial charge >= 0.3 is 5.97 Å². The molecule has 138 valence electrons. The molecule has 0 unspecified atom stereocenters. The third-order valence-electron chi connectivity index (χ3n) is 4.70. The highest BCUT2D eigenvalue weighted by Gasteiger charge is 2.32. The molecule has 0 saturated carbocycles. The number of aromatic nitrogens is 1. The van der Waals surface area contributed by atoms with E-state index >= 15 is 0 Å². The summed E-state index contributed by atoms with van der Waals surface area (Å²) in [5.41, 5.74) is 3.68. The van der Waals surface area contributed by atoms with Gasteiger partial charge in [0.15, 0.2) is 5.78 Å². The molecule has 1 aliphatic rings. The van der Waals surface area contributed by atoms with Gasteiger partial charge in [0, 0.05) is 28.5 Å². The van der Waals surface area contributed by atoms with E-state index in [4.69, 9.17) is 16.3 Å². The zero-order valence-electron chi connectivity index (χ0n) is 14.9. The van der Waals surface area contributed by atoms with Crippen LogP contribution in [-0.2, 0) is 11.2 Å². The number of nitrogens with one attached hydrogen (secondary N) is 1. The Morgan fingerprint density at radius 2 is 2.04 bits per heavy atom. The highest BCUT2D eigenvalue weighted by molar-refractivity contribution is 7.99. The van der Waals surface area contributed by atoms with Crippen LogP contribution in [0, 0.1) is 6.92 Å². The lowest BCUT2D eigenvalue weighted by molar-refractivity contribution is 0.0523. The fraction of sp³-hybridized carbons (Fsp3) is 0.400. The van der Waals surface area contributed by atoms with Gasteiger partial charge in [0.25, 0.3) is 0 Å². The third-order valence-corrected chi connectivity index (χ3v) is 5.81. The maximum atomic E-state index is 12.7. The molecule has 1 N–H and O–H groups in total. The first kappa shape index (κ1) is 19.1. The molecule has 0 radical (unpaired) electrons. The molecule has 1 atom stereocenters. The van der Waals surface area contributed by atoms with Gasteiger partial charge in [0.2, 0.25) is 0 Å². The first-order valence-electron chi connectivity index (χ1n) is 8.76. The number of halogens is 1. The van der Waals surface area contributed by atoms with Crippen LogP contribution in [0.4, 0.5) is 0 Å². The number of ether oxygens (including phenoxy) is 1. The van der Waals surface area contributed by atoms with Gasteiger partial charge in [0.05, 0.1) is 0 Å². The number of Topliss-reactive ketones (excluding diaryl/α,β-unsaturated/α-hetero) is 1. The molecule has 0 saturated heterocycles. The van der Waals surface area contributed by atoms with E-state index in [1.165, 1.54) is 0 Å². The van der Waals surface area contributed by atoms with Gasteiger partial charge in [-0.15, -0.1) is 0 Å². The van der Waals surface area contributed by atoms with Gasteiger partial charge < -0.3 is 9.72 Å². The van der Waals surface area contributed by atoms with Crippen LogP contribution in [-0.4, -0.2) is 34.8 Å². The normalized spacial score (nSPS) is 16.4. The number of esters is 1. The summed E-state index contributed by atoms with van der Waals surface area (Å²) in [6, 6.07) is 7.60. The number of fused-ring (bicyclic) bond motifs is 1. The number of carbonyl (C=O) groups excluding carboxylic acids is 2. The first-order valence-corrected chi connectivity index (χ1v) is 10.3. The Hall–Kier alpha value is -1.72. The van der Waals surface area contributed by atoms with Crippen molar-refractivity contribution in [2.45, 2.75) is 32.6 Å². The van der Waals surface area contributed by atoms with E-state index in [0.717, 1.165) is 22.8 Å². The lowest BCUT2D eigenvalue weighted by atomic mass is 9.81. The number of H-pyrrole nitrogens is 1. The van der Waals surface area contributed by atoms with Crippen molar-refractivity contribution in [3.05, 3.63) is 57.4 Å². The first-order chi connectivity index (χ1) is 12.5. The largest absolute Gasteiger partial charge is 0.460 e. The van der Waals surface area contributed by atoms with E-state index in [9.17, 15) is 9.59 Å². The Labute approximate surface area is 162 Å². The highest BCUT2D eigenvalue weighted by Crippen LogP contribution is 2.35. The van der Waals surface area contributed by atoms with Crippen LogP contribution in [0.3, 0.4) is 0 Å². The molecule has 1 aliphatic carbocycles. The van der Waals surface area contributed by atoms with Crippen molar-refractivity contribution in [2.24, 2.45) is 0 Å². The van der Waals surface area contributed by atoms with Crippen LogP contribution >= 0.6 is 23.4 Å². The predicted octanol–water partition coefficient (Wildman–Crippen LogP) is 4.80. The summed E-state index contributed by atoms with van der Waals surface area (Å²) >= 11 is 7.68. The SMILES string of the molecule is CCSCCOC(=O)c1[nH]c2c(c1C)C(=O)C[C@@H](c1ccc(Cl)cc1)C2. The van der Waals surface area contributed by atoms with Crippen LogP contribution in [0.5, 0.6) is 0 Å². The molecule has 0 spiro atoms. The Balaban J connectivity index is 1.78. The maximum absolute atomic E-state index is 12.7. The summed E-state index contributed by atoms with van der Waals surface area (Å²) in [5, 5.41) is 0.679. The zero-order valence-corrected chi connectivity index (χ0v) is 16.5. The number of ketones is 1. The molecule has 0 amide bonds. The van der Waals surface area contributed by atoms with Gasteiger partial charge in [-0.3, -0.25) is 4.79 Å². The van der Waals surface area contributed by atoms with Crippen molar-refractivity contribution in [3.63, 3.8) is 0 Å². The fourth-order valence-electron chi connectivity index (χ4n) is 3.42. The smallest absolute Gasteiger partial charge is 0.355 e. The number of hydrogen-bond donors (Lipinski definition) is 1. The molecule has 0 bridgehead atoms. The molecule has 26 heavy (non-hydrogen) atoms. The molecule has 2 aromatic rings. The average Bonchev–Trinajstić information content (AvgIpc) is 2.96. The lowest BCUT2D eigenvalue weighted by Gasteiger charge is -2.22. The summed E-state index contributed by atoms with van der Waals surface area (Å²) in [4.78, 5) is 28.2. The van der Waals surface area contributed by atoms with Gasteiger partial charge in [-0.25, -0.2) is 4.79 Å². The second-order valence-electron chi connectivity index (χ2n) is 6.39. The van der Waals surface area contributed by atoms with Crippen LogP contribution in [0.25, 0.3) is 0 Å². The van der Waals surface area contributed by atoms with Gasteiger partial charge in [0.1, 0.15) is 12.3 Å². The summed E-state index contributed by atoms with van der Waals surface area (Å²) in [6.45, 7) is 4.26. The van der Waals surface area contributed by atoms with E-state index in [2.05, 4.69) is 11.9 Å². The molecule has 0 fully saturated rings. The minimum atomic E-state index is -0.385. The molecule has 4 nitrogen and oxygen atoms in total. The van der Waals surface area contributed by atoms with Crippen LogP contribution in [0.15, 0.2) is 24.3 Å². The van der Waals surface area contributed by atoms with Crippen molar-refractivity contribution in [1.29, 1.82) is 0 Å². The van der Waals surface area contributed by atoms with Crippen molar-refractivity contribution in [1.82, 2.24) is 4.98 Å². The second kappa shape index (κ2) is 8.31. The summed E-state index contributed by atoms with van der Waals surface area (Å²) in [5.74, 6) is 1.55. The average molecular weight is 392 g/mol. The Bertz CT molecular complexity index is 813. The van der Waals surface area contributed by atoms with Crippen molar-refractivity contribution in [2.75, 3.05) is 18.1 Å². The van der Waals surface area contributed by atoms with Crippen LogP contribution in [0.2, 0.25) is 5.02 Å². The van der Waals surface area contributed by atoms with Crippen molar-refractivity contribution < 1.29 is 14.3 Å².